The minimum atomic E-state index is -0.841. The summed E-state index contributed by atoms with van der Waals surface area (Å²) in [5.41, 5.74) is 2.64. The Kier molecular flexibility index (Phi) is 6.74. The molecule has 2 aromatic heterocycles. The summed E-state index contributed by atoms with van der Waals surface area (Å²) >= 11 is 1.65. The van der Waals surface area contributed by atoms with Crippen molar-refractivity contribution in [2.45, 2.75) is 51.7 Å². The molecule has 0 aliphatic carbocycles. The van der Waals surface area contributed by atoms with Crippen molar-refractivity contribution < 1.29 is 9.84 Å². The van der Waals surface area contributed by atoms with Crippen molar-refractivity contribution in [2.24, 2.45) is 7.05 Å². The molecule has 3 aromatic rings. The lowest BCUT2D eigenvalue weighted by Gasteiger charge is -2.24. The summed E-state index contributed by atoms with van der Waals surface area (Å²) in [6.07, 6.45) is 5.18. The van der Waals surface area contributed by atoms with Gasteiger partial charge >= 0.3 is 0 Å². The lowest BCUT2D eigenvalue weighted by molar-refractivity contribution is 0.0207. The number of aromatic nitrogens is 3. The summed E-state index contributed by atoms with van der Waals surface area (Å²) in [6, 6.07) is 9.88. The van der Waals surface area contributed by atoms with Crippen molar-refractivity contribution in [2.75, 3.05) is 19.7 Å². The van der Waals surface area contributed by atoms with Crippen molar-refractivity contribution >= 4 is 11.3 Å². The Labute approximate surface area is 188 Å². The van der Waals surface area contributed by atoms with Crippen LogP contribution in [0.3, 0.4) is 0 Å². The van der Waals surface area contributed by atoms with Crippen LogP contribution in [0.1, 0.15) is 46.1 Å². The van der Waals surface area contributed by atoms with Crippen molar-refractivity contribution in [3.05, 3.63) is 63.4 Å². The van der Waals surface area contributed by atoms with Gasteiger partial charge in [-0.2, -0.15) is 5.10 Å². The molecule has 0 spiro atoms. The van der Waals surface area contributed by atoms with Crippen LogP contribution in [0.4, 0.5) is 0 Å². The minimum Gasteiger partial charge on any atom is -0.493 e. The number of hydrogen-bond donors (Lipinski definition) is 1. The minimum absolute atomic E-state index is 0.614. The van der Waals surface area contributed by atoms with Crippen LogP contribution in [0.5, 0.6) is 5.75 Å². The first kappa shape index (κ1) is 22.0. The maximum atomic E-state index is 11.5. The zero-order chi connectivity index (χ0) is 21.8. The topological polar surface area (TPSA) is 63.4 Å². The van der Waals surface area contributed by atoms with Crippen LogP contribution in [-0.2, 0) is 25.6 Å². The van der Waals surface area contributed by atoms with E-state index >= 15 is 0 Å². The second kappa shape index (κ2) is 9.51. The fraction of sp³-hybridized carbons (Fsp3) is 0.500. The van der Waals surface area contributed by atoms with E-state index in [0.717, 1.165) is 55.3 Å². The predicted molar refractivity (Wildman–Crippen MR) is 123 cm³/mol. The third-order valence-electron chi connectivity index (χ3n) is 6.27. The van der Waals surface area contributed by atoms with Gasteiger partial charge in [-0.3, -0.25) is 9.58 Å². The van der Waals surface area contributed by atoms with Crippen molar-refractivity contribution in [1.82, 2.24) is 19.7 Å². The zero-order valence-corrected chi connectivity index (χ0v) is 19.5. The Morgan fingerprint density at radius 1 is 1.16 bits per heavy atom. The number of aryl methyl sites for hydroxylation is 2. The molecule has 4 rings (SSSR count). The van der Waals surface area contributed by atoms with Gasteiger partial charge in [0.2, 0.25) is 0 Å². The van der Waals surface area contributed by atoms with Crippen LogP contribution >= 0.6 is 11.3 Å². The molecular formula is C24H32N4O2S. The maximum absolute atomic E-state index is 11.5. The standard InChI is InChI=1S/C24H32N4O2S/c1-18-22(10-15-30-21-8-5-4-6-9-21)31-23(26-18)24(29)11-7-13-28(14-12-24)17-20-16-25-27(3)19(20)2/h4-6,8-9,16,29H,7,10-15,17H2,1-3H3/t24-/m0/s1. The van der Waals surface area contributed by atoms with Gasteiger partial charge in [0.05, 0.1) is 18.5 Å². The molecule has 1 aliphatic rings. The highest BCUT2D eigenvalue weighted by Crippen LogP contribution is 2.37. The van der Waals surface area contributed by atoms with Gasteiger partial charge in [0.1, 0.15) is 16.4 Å². The van der Waals surface area contributed by atoms with E-state index in [1.165, 1.54) is 16.1 Å². The number of para-hydroxylation sites is 1. The van der Waals surface area contributed by atoms with Crippen LogP contribution in [0.15, 0.2) is 36.5 Å². The van der Waals surface area contributed by atoms with E-state index in [1.807, 2.05) is 55.2 Å². The molecule has 166 valence electrons. The van der Waals surface area contributed by atoms with Crippen molar-refractivity contribution in [3.8, 4) is 5.75 Å². The molecule has 0 unspecified atom stereocenters. The van der Waals surface area contributed by atoms with Crippen LogP contribution in [0.25, 0.3) is 0 Å². The highest BCUT2D eigenvalue weighted by atomic mass is 32.1. The predicted octanol–water partition coefficient (Wildman–Crippen LogP) is 3.99. The lowest BCUT2D eigenvalue weighted by Crippen LogP contribution is -2.29. The average Bonchev–Trinajstić information content (AvgIpc) is 3.22. The van der Waals surface area contributed by atoms with Gasteiger partial charge in [0.25, 0.3) is 0 Å². The molecule has 3 heterocycles. The Morgan fingerprint density at radius 2 is 1.97 bits per heavy atom. The molecule has 1 fully saturated rings. The molecule has 1 N–H and O–H groups in total. The molecule has 1 saturated heterocycles. The number of thiazole rings is 1. The number of benzene rings is 1. The molecule has 1 aliphatic heterocycles. The van der Waals surface area contributed by atoms with Crippen LogP contribution in [0, 0.1) is 13.8 Å². The van der Waals surface area contributed by atoms with Crippen molar-refractivity contribution in [3.63, 3.8) is 0 Å². The average molecular weight is 441 g/mol. The summed E-state index contributed by atoms with van der Waals surface area (Å²) in [7, 11) is 1.98. The number of hydrogen-bond acceptors (Lipinski definition) is 6. The highest BCUT2D eigenvalue weighted by molar-refractivity contribution is 7.11. The number of nitrogens with zero attached hydrogens (tertiary/aromatic N) is 4. The fourth-order valence-electron chi connectivity index (χ4n) is 4.12. The van der Waals surface area contributed by atoms with E-state index in [-0.39, 0.29) is 0 Å². The molecule has 0 amide bonds. The third-order valence-corrected chi connectivity index (χ3v) is 7.68. The maximum Gasteiger partial charge on any atom is 0.125 e. The number of rotatable bonds is 7. The summed E-state index contributed by atoms with van der Waals surface area (Å²) in [6.45, 7) is 7.49. The summed E-state index contributed by atoms with van der Waals surface area (Å²) in [4.78, 5) is 8.41. The smallest absolute Gasteiger partial charge is 0.125 e. The molecule has 0 bridgehead atoms. The number of aliphatic hydroxyl groups is 1. The van der Waals surface area contributed by atoms with Gasteiger partial charge in [-0.15, -0.1) is 11.3 Å². The quantitative estimate of drug-likeness (QED) is 0.602. The largest absolute Gasteiger partial charge is 0.493 e. The lowest BCUT2D eigenvalue weighted by atomic mass is 9.96. The third kappa shape index (κ3) is 5.17. The first-order valence-electron chi connectivity index (χ1n) is 11.0. The van der Waals surface area contributed by atoms with Gasteiger partial charge < -0.3 is 9.84 Å². The van der Waals surface area contributed by atoms with E-state index < -0.39 is 5.60 Å². The SMILES string of the molecule is Cc1nc([C@]2(O)CCCN(Cc3cnn(C)c3C)CC2)sc1CCOc1ccccc1. The molecule has 1 atom stereocenters. The Bertz CT molecular complexity index is 1000. The second-order valence-corrected chi connectivity index (χ2v) is 9.56. The molecule has 1 aromatic carbocycles. The van der Waals surface area contributed by atoms with Crippen LogP contribution < -0.4 is 4.74 Å². The van der Waals surface area contributed by atoms with Crippen LogP contribution in [-0.4, -0.2) is 44.5 Å². The van der Waals surface area contributed by atoms with E-state index in [4.69, 9.17) is 9.72 Å². The summed E-state index contributed by atoms with van der Waals surface area (Å²) in [5, 5.41) is 16.7. The van der Waals surface area contributed by atoms with Gasteiger partial charge in [-0.1, -0.05) is 18.2 Å². The molecular weight excluding hydrogens is 408 g/mol. The zero-order valence-electron chi connectivity index (χ0n) is 18.7. The summed E-state index contributed by atoms with van der Waals surface area (Å²) < 4.78 is 7.77. The van der Waals surface area contributed by atoms with Gasteiger partial charge in [-0.25, -0.2) is 4.98 Å². The molecule has 6 nitrogen and oxygen atoms in total. The molecule has 7 heteroatoms. The van der Waals surface area contributed by atoms with E-state index in [2.05, 4.69) is 16.9 Å². The first-order valence-corrected chi connectivity index (χ1v) is 11.8. The van der Waals surface area contributed by atoms with E-state index in [0.29, 0.717) is 13.0 Å². The summed E-state index contributed by atoms with van der Waals surface area (Å²) in [5.74, 6) is 0.885. The molecule has 0 saturated carbocycles. The number of ether oxygens (including phenoxy) is 1. The molecule has 0 radical (unpaired) electrons. The Balaban J connectivity index is 1.37. The normalized spacial score (nSPS) is 20.0. The van der Waals surface area contributed by atoms with Crippen LogP contribution in [0.2, 0.25) is 0 Å². The number of likely N-dealkylation sites (tertiary alicyclic amines) is 1. The first-order chi connectivity index (χ1) is 14.9. The monoisotopic (exact) mass is 440 g/mol. The highest BCUT2D eigenvalue weighted by Gasteiger charge is 2.35. The van der Waals surface area contributed by atoms with E-state index in [9.17, 15) is 5.11 Å². The van der Waals surface area contributed by atoms with Gasteiger partial charge in [0, 0.05) is 42.7 Å². The van der Waals surface area contributed by atoms with E-state index in [1.54, 1.807) is 11.3 Å². The Hall–Kier alpha value is -2.22. The Morgan fingerprint density at radius 3 is 2.71 bits per heavy atom. The van der Waals surface area contributed by atoms with Gasteiger partial charge in [-0.05, 0) is 51.8 Å². The second-order valence-electron chi connectivity index (χ2n) is 8.48. The van der Waals surface area contributed by atoms with Crippen molar-refractivity contribution in [1.29, 1.82) is 0 Å². The molecule has 31 heavy (non-hydrogen) atoms. The fourth-order valence-corrected chi connectivity index (χ4v) is 5.31. The van der Waals surface area contributed by atoms with Gasteiger partial charge in [0.15, 0.2) is 0 Å².